The van der Waals surface area contributed by atoms with E-state index < -0.39 is 0 Å². The van der Waals surface area contributed by atoms with E-state index in [1.807, 2.05) is 7.05 Å². The molecule has 0 fully saturated rings. The Morgan fingerprint density at radius 2 is 1.62 bits per heavy atom. The fraction of sp³-hybridized carbons (Fsp3) is 0.857. The van der Waals surface area contributed by atoms with Gasteiger partial charge in [0, 0.05) is 5.54 Å². The Morgan fingerprint density at radius 1 is 1.25 bits per heavy atom. The van der Waals surface area contributed by atoms with Crippen LogP contribution in [0.5, 0.6) is 0 Å². The highest BCUT2D eigenvalue weighted by Crippen LogP contribution is 2.15. The molecule has 0 atom stereocenters. The van der Waals surface area contributed by atoms with E-state index in [0.29, 0.717) is 0 Å². The first-order valence-electron chi connectivity index (χ1n) is 3.00. The molecule has 0 heterocycles. The number of hydrogen-bond donors (Lipinski definition) is 1. The van der Waals surface area contributed by atoms with Crippen molar-refractivity contribution < 1.29 is 0 Å². The van der Waals surface area contributed by atoms with Gasteiger partial charge in [0.15, 0.2) is 0 Å². The number of hydrogen-bond acceptors (Lipinski definition) is 1. The van der Waals surface area contributed by atoms with Gasteiger partial charge >= 0.3 is 0 Å². The molecule has 49 valence electrons. The zero-order valence-electron chi connectivity index (χ0n) is 6.50. The van der Waals surface area contributed by atoms with Crippen LogP contribution in [0.1, 0.15) is 27.7 Å². The summed E-state index contributed by atoms with van der Waals surface area (Å²) in [5.41, 5.74) is 0.208. The fourth-order valence-corrected chi connectivity index (χ4v) is 0.250. The fourth-order valence-electron chi connectivity index (χ4n) is 0.250. The van der Waals surface area contributed by atoms with Gasteiger partial charge in [0.2, 0.25) is 0 Å². The first-order chi connectivity index (χ1) is 3.50. The van der Waals surface area contributed by atoms with Gasteiger partial charge in [-0.25, -0.2) is 0 Å². The monoisotopic (exact) mass is 114 g/mol. The maximum atomic E-state index is 3.20. The van der Waals surface area contributed by atoms with Gasteiger partial charge in [-0.3, -0.25) is 0 Å². The minimum absolute atomic E-state index is 0.208. The molecule has 0 bridgehead atoms. The second kappa shape index (κ2) is 2.49. The summed E-state index contributed by atoms with van der Waals surface area (Å²) < 4.78 is 0. The lowest BCUT2D eigenvalue weighted by Gasteiger charge is -2.27. The summed E-state index contributed by atoms with van der Waals surface area (Å²) in [7, 11) is 1.98. The smallest absolute Gasteiger partial charge is 0.0178 e. The summed E-state index contributed by atoms with van der Waals surface area (Å²) in [6.07, 6.45) is 0. The third kappa shape index (κ3) is 1.83. The van der Waals surface area contributed by atoms with E-state index in [-0.39, 0.29) is 5.54 Å². The van der Waals surface area contributed by atoms with E-state index in [0.717, 1.165) is 0 Å². The Morgan fingerprint density at radius 3 is 1.62 bits per heavy atom. The molecule has 0 aromatic rings. The molecule has 0 aliphatic carbocycles. The predicted octanol–water partition coefficient (Wildman–Crippen LogP) is 1.60. The van der Waals surface area contributed by atoms with Crippen LogP contribution in [0.4, 0.5) is 0 Å². The Bertz CT molecular complexity index is 64.8. The van der Waals surface area contributed by atoms with Gasteiger partial charge in [-0.05, 0) is 26.8 Å². The van der Waals surface area contributed by atoms with Crippen molar-refractivity contribution >= 4 is 0 Å². The quantitative estimate of drug-likeness (QED) is 0.575. The van der Waals surface area contributed by atoms with Crippen molar-refractivity contribution in [1.82, 2.24) is 5.32 Å². The third-order valence-corrected chi connectivity index (χ3v) is 1.88. The Labute approximate surface area is 52.5 Å². The molecule has 0 aromatic heterocycles. The minimum atomic E-state index is 0.208. The van der Waals surface area contributed by atoms with Gasteiger partial charge in [-0.2, -0.15) is 0 Å². The zero-order chi connectivity index (χ0) is 6.78. The van der Waals surface area contributed by atoms with Gasteiger partial charge in [-0.15, -0.1) is 0 Å². The largest absolute Gasteiger partial charge is 0.314 e. The molecule has 0 aliphatic heterocycles. The number of rotatable bonds is 2. The molecule has 0 saturated carbocycles. The van der Waals surface area contributed by atoms with Gasteiger partial charge < -0.3 is 5.32 Å². The lowest BCUT2D eigenvalue weighted by Crippen LogP contribution is -2.40. The van der Waals surface area contributed by atoms with E-state index in [1.165, 1.54) is 5.92 Å². The lowest BCUT2D eigenvalue weighted by molar-refractivity contribution is 0.444. The highest BCUT2D eigenvalue weighted by atomic mass is 14.9. The van der Waals surface area contributed by atoms with Crippen LogP contribution in [0.3, 0.4) is 0 Å². The Kier molecular flexibility index (Phi) is 2.48. The van der Waals surface area contributed by atoms with Crippen molar-refractivity contribution in [2.24, 2.45) is 0 Å². The van der Waals surface area contributed by atoms with E-state index in [2.05, 4.69) is 33.0 Å². The van der Waals surface area contributed by atoms with Gasteiger partial charge in [0.05, 0.1) is 0 Å². The summed E-state index contributed by atoms with van der Waals surface area (Å²) in [4.78, 5) is 0. The molecule has 0 rings (SSSR count). The number of nitrogens with one attached hydrogen (secondary N) is 1. The van der Waals surface area contributed by atoms with Crippen molar-refractivity contribution in [3.05, 3.63) is 5.92 Å². The molecule has 0 aromatic carbocycles. The second-order valence-electron chi connectivity index (χ2n) is 2.88. The van der Waals surface area contributed by atoms with Gasteiger partial charge in [0.25, 0.3) is 0 Å². The maximum Gasteiger partial charge on any atom is 0.0178 e. The molecule has 0 amide bonds. The molecule has 1 radical (unpaired) electrons. The molecule has 8 heavy (non-hydrogen) atoms. The second-order valence-corrected chi connectivity index (χ2v) is 2.88. The van der Waals surface area contributed by atoms with Gasteiger partial charge in [0.1, 0.15) is 0 Å². The Hall–Kier alpha value is -0.0400. The zero-order valence-corrected chi connectivity index (χ0v) is 6.50. The normalized spacial score (nSPS) is 12.8. The molecule has 1 nitrogen and oxygen atoms in total. The van der Waals surface area contributed by atoms with Crippen LogP contribution in [0.15, 0.2) is 0 Å². The van der Waals surface area contributed by atoms with Crippen molar-refractivity contribution in [2.45, 2.75) is 33.2 Å². The average Bonchev–Trinajstić information content (AvgIpc) is 1.67. The molecule has 1 heteroatoms. The summed E-state index contributed by atoms with van der Waals surface area (Å²) in [5.74, 6) is 1.42. The van der Waals surface area contributed by atoms with Crippen molar-refractivity contribution in [3.63, 3.8) is 0 Å². The highest BCUT2D eigenvalue weighted by Gasteiger charge is 2.18. The van der Waals surface area contributed by atoms with Crippen LogP contribution < -0.4 is 5.32 Å². The molecule has 0 aliphatic rings. The minimum Gasteiger partial charge on any atom is -0.314 e. The van der Waals surface area contributed by atoms with Crippen LogP contribution in [-0.2, 0) is 0 Å². The van der Waals surface area contributed by atoms with Gasteiger partial charge in [-0.1, -0.05) is 13.8 Å². The summed E-state index contributed by atoms with van der Waals surface area (Å²) in [5, 5.41) is 3.20. The third-order valence-electron chi connectivity index (χ3n) is 1.88. The molecular formula is C7H16N. The van der Waals surface area contributed by atoms with E-state index in [4.69, 9.17) is 0 Å². The van der Waals surface area contributed by atoms with Crippen LogP contribution in [0.25, 0.3) is 0 Å². The van der Waals surface area contributed by atoms with Crippen LogP contribution in [-0.4, -0.2) is 12.6 Å². The summed E-state index contributed by atoms with van der Waals surface area (Å²) in [6, 6.07) is 0. The molecule has 0 saturated heterocycles. The van der Waals surface area contributed by atoms with Crippen LogP contribution in [0.2, 0.25) is 0 Å². The predicted molar refractivity (Wildman–Crippen MR) is 37.7 cm³/mol. The first-order valence-corrected chi connectivity index (χ1v) is 3.00. The summed E-state index contributed by atoms with van der Waals surface area (Å²) >= 11 is 0. The first kappa shape index (κ1) is 7.96. The molecule has 0 unspecified atom stereocenters. The van der Waals surface area contributed by atoms with Crippen molar-refractivity contribution in [1.29, 1.82) is 0 Å². The van der Waals surface area contributed by atoms with E-state index in [9.17, 15) is 0 Å². The van der Waals surface area contributed by atoms with Crippen molar-refractivity contribution in [2.75, 3.05) is 7.05 Å². The summed E-state index contributed by atoms with van der Waals surface area (Å²) in [6.45, 7) is 8.61. The molecular weight excluding hydrogens is 98.1 g/mol. The van der Waals surface area contributed by atoms with Crippen molar-refractivity contribution in [3.8, 4) is 0 Å². The highest BCUT2D eigenvalue weighted by molar-refractivity contribution is 5.00. The molecule has 1 N–H and O–H groups in total. The SMILES string of the molecule is CNC(C)(C)[C](C)C. The Balaban J connectivity index is 3.71. The maximum absolute atomic E-state index is 3.20. The van der Waals surface area contributed by atoms with Crippen LogP contribution >= 0.6 is 0 Å². The average molecular weight is 114 g/mol. The molecule has 0 spiro atoms. The topological polar surface area (TPSA) is 12.0 Å². The van der Waals surface area contributed by atoms with E-state index >= 15 is 0 Å². The lowest BCUT2D eigenvalue weighted by atomic mass is 9.91. The van der Waals surface area contributed by atoms with Crippen LogP contribution in [0, 0.1) is 5.92 Å². The standard InChI is InChI=1S/C7H16N/c1-6(2)7(3,4)8-5/h8H,1-5H3. The van der Waals surface area contributed by atoms with E-state index in [1.54, 1.807) is 0 Å².